The number of nitrogens with two attached hydrogens (primary N) is 1. The number of nitrogens with zero attached hydrogens (tertiary/aromatic N) is 2. The van der Waals surface area contributed by atoms with Gasteiger partial charge in [-0.2, -0.15) is 4.98 Å². The van der Waals surface area contributed by atoms with Crippen LogP contribution in [0.3, 0.4) is 0 Å². The van der Waals surface area contributed by atoms with E-state index in [0.29, 0.717) is 45.2 Å². The molecule has 0 fully saturated rings. The zero-order chi connectivity index (χ0) is 24.2. The first kappa shape index (κ1) is 24.6. The lowest BCUT2D eigenvalue weighted by Gasteiger charge is -2.20. The standard InChI is InChI=1S/C25H27BrFN3O3/c1-5-12-32-24-29-22(26)21(14-28)30(24)15-17-11-10-16(13-20(17)27)18-8-6-7-9-19(18)23(31)33-25(2,3)4/h6-11,13-14,28H,5,12,15H2,1-4H3/p+1. The Morgan fingerprint density at radius 2 is 1.97 bits per heavy atom. The van der Waals surface area contributed by atoms with Crippen LogP contribution < -0.4 is 10.1 Å². The van der Waals surface area contributed by atoms with E-state index in [2.05, 4.69) is 20.9 Å². The third kappa shape index (κ3) is 5.87. The van der Waals surface area contributed by atoms with Gasteiger partial charge >= 0.3 is 5.97 Å². The molecule has 1 heterocycles. The van der Waals surface area contributed by atoms with Crippen LogP contribution in [-0.2, 0) is 11.3 Å². The molecule has 3 rings (SSSR count). The third-order valence-corrected chi connectivity index (χ3v) is 5.34. The Hall–Kier alpha value is -3.00. The Balaban J connectivity index is 1.95. The number of carbonyl (C=O) groups excluding carboxylic acids is 1. The highest BCUT2D eigenvalue weighted by molar-refractivity contribution is 9.10. The number of hydrogen-bond acceptors (Lipinski definition) is 4. The second-order valence-electron chi connectivity index (χ2n) is 8.53. The van der Waals surface area contributed by atoms with Gasteiger partial charge < -0.3 is 9.47 Å². The second kappa shape index (κ2) is 10.3. The van der Waals surface area contributed by atoms with Crippen molar-refractivity contribution in [1.29, 1.82) is 0 Å². The zero-order valence-corrected chi connectivity index (χ0v) is 20.8. The lowest BCUT2D eigenvalue weighted by atomic mass is 9.98. The second-order valence-corrected chi connectivity index (χ2v) is 9.28. The molecular weight excluding hydrogens is 489 g/mol. The molecule has 0 spiro atoms. The monoisotopic (exact) mass is 516 g/mol. The summed E-state index contributed by atoms with van der Waals surface area (Å²) >= 11 is 3.38. The van der Waals surface area contributed by atoms with Crippen molar-refractivity contribution in [3.05, 3.63) is 69.7 Å². The highest BCUT2D eigenvalue weighted by atomic mass is 79.9. The summed E-state index contributed by atoms with van der Waals surface area (Å²) < 4.78 is 28.7. The molecule has 3 aromatic rings. The van der Waals surface area contributed by atoms with Gasteiger partial charge in [0, 0.05) is 5.56 Å². The van der Waals surface area contributed by atoms with Gasteiger partial charge in [0.2, 0.25) is 0 Å². The molecule has 1 aromatic heterocycles. The van der Waals surface area contributed by atoms with E-state index in [4.69, 9.17) is 14.9 Å². The number of carbonyl (C=O) groups is 1. The van der Waals surface area contributed by atoms with Crippen LogP contribution in [0.5, 0.6) is 6.01 Å². The van der Waals surface area contributed by atoms with E-state index < -0.39 is 17.4 Å². The van der Waals surface area contributed by atoms with E-state index in [1.165, 1.54) is 12.3 Å². The number of rotatable bonds is 8. The lowest BCUT2D eigenvalue weighted by Crippen LogP contribution is -2.31. The van der Waals surface area contributed by atoms with Crippen molar-refractivity contribution < 1.29 is 24.1 Å². The largest absolute Gasteiger partial charge is 0.465 e. The highest BCUT2D eigenvalue weighted by Gasteiger charge is 2.22. The van der Waals surface area contributed by atoms with Crippen LogP contribution in [0.4, 0.5) is 4.39 Å². The van der Waals surface area contributed by atoms with Crippen molar-refractivity contribution >= 4 is 28.1 Å². The number of aromatic nitrogens is 2. The smallest absolute Gasteiger partial charge is 0.339 e. The molecule has 33 heavy (non-hydrogen) atoms. The first-order valence-electron chi connectivity index (χ1n) is 10.7. The number of hydrogen-bond donors (Lipinski definition) is 1. The number of halogens is 2. The molecule has 0 radical (unpaired) electrons. The fraction of sp³-hybridized carbons (Fsp3) is 0.320. The molecule has 2 aromatic carbocycles. The minimum atomic E-state index is -0.631. The van der Waals surface area contributed by atoms with Crippen LogP contribution in [0.2, 0.25) is 0 Å². The molecule has 0 atom stereocenters. The lowest BCUT2D eigenvalue weighted by molar-refractivity contribution is -0.105. The number of ether oxygens (including phenoxy) is 2. The summed E-state index contributed by atoms with van der Waals surface area (Å²) in [5, 5.41) is 5.77. The van der Waals surface area contributed by atoms with Gasteiger partial charge in [0.25, 0.3) is 6.01 Å². The molecule has 0 unspecified atom stereocenters. The van der Waals surface area contributed by atoms with Crippen molar-refractivity contribution in [2.45, 2.75) is 46.3 Å². The quantitative estimate of drug-likeness (QED) is 0.355. The van der Waals surface area contributed by atoms with Crippen LogP contribution in [0, 0.1) is 5.82 Å². The average Bonchev–Trinajstić information content (AvgIpc) is 3.06. The number of benzene rings is 2. The van der Waals surface area contributed by atoms with Crippen molar-refractivity contribution in [2.24, 2.45) is 0 Å². The van der Waals surface area contributed by atoms with Gasteiger partial charge in [-0.3, -0.25) is 9.98 Å². The van der Waals surface area contributed by atoms with Crippen molar-refractivity contribution in [3.8, 4) is 17.1 Å². The molecular formula is C25H28BrFN3O3+. The minimum absolute atomic E-state index is 0.181. The Kier molecular flexibility index (Phi) is 7.68. The Morgan fingerprint density at radius 3 is 2.61 bits per heavy atom. The molecule has 2 N–H and O–H groups in total. The Labute approximate surface area is 201 Å². The fourth-order valence-electron chi connectivity index (χ4n) is 3.29. The predicted octanol–water partition coefficient (Wildman–Crippen LogP) is 4.42. The molecule has 0 saturated heterocycles. The minimum Gasteiger partial charge on any atom is -0.465 e. The molecule has 0 aliphatic carbocycles. The van der Waals surface area contributed by atoms with E-state index in [-0.39, 0.29) is 6.54 Å². The van der Waals surface area contributed by atoms with Gasteiger partial charge in [-0.15, -0.1) is 0 Å². The first-order valence-corrected chi connectivity index (χ1v) is 11.5. The van der Waals surface area contributed by atoms with Gasteiger partial charge in [-0.1, -0.05) is 37.3 Å². The van der Waals surface area contributed by atoms with Crippen LogP contribution in [0.1, 0.15) is 55.7 Å². The average molecular weight is 517 g/mol. The SMILES string of the molecule is CCCOc1nc(Br)c(C=[NH2+])n1Cc1ccc(-c2ccccc2C(=O)OC(C)(C)C)cc1F. The fourth-order valence-corrected chi connectivity index (χ4v) is 3.79. The van der Waals surface area contributed by atoms with Crippen LogP contribution >= 0.6 is 15.9 Å². The molecule has 0 bridgehead atoms. The van der Waals surface area contributed by atoms with Gasteiger partial charge in [-0.05, 0) is 66.4 Å². The van der Waals surface area contributed by atoms with Crippen molar-refractivity contribution in [3.63, 3.8) is 0 Å². The summed E-state index contributed by atoms with van der Waals surface area (Å²) in [6.45, 7) is 8.08. The topological polar surface area (TPSA) is 78.9 Å². The zero-order valence-electron chi connectivity index (χ0n) is 19.2. The van der Waals surface area contributed by atoms with Crippen LogP contribution in [0.25, 0.3) is 11.1 Å². The Bertz CT molecular complexity index is 1170. The summed E-state index contributed by atoms with van der Waals surface area (Å²) in [7, 11) is 0. The molecule has 0 amide bonds. The molecule has 0 saturated carbocycles. The van der Waals surface area contributed by atoms with E-state index in [1.807, 2.05) is 27.7 Å². The molecule has 6 nitrogen and oxygen atoms in total. The molecule has 0 aliphatic rings. The summed E-state index contributed by atoms with van der Waals surface area (Å²) in [5.74, 6) is -0.868. The molecule has 0 aliphatic heterocycles. The van der Waals surface area contributed by atoms with Gasteiger partial charge in [0.15, 0.2) is 6.21 Å². The number of imidazole rings is 1. The van der Waals surface area contributed by atoms with E-state index >= 15 is 4.39 Å². The van der Waals surface area contributed by atoms with E-state index in [9.17, 15) is 4.79 Å². The maximum absolute atomic E-state index is 15.2. The van der Waals surface area contributed by atoms with Crippen molar-refractivity contribution in [1.82, 2.24) is 9.55 Å². The first-order chi connectivity index (χ1) is 15.6. The normalized spacial score (nSPS) is 11.3. The summed E-state index contributed by atoms with van der Waals surface area (Å²) in [6, 6.07) is 12.3. The summed E-state index contributed by atoms with van der Waals surface area (Å²) in [6.07, 6.45) is 2.21. The van der Waals surface area contributed by atoms with Gasteiger partial charge in [-0.25, -0.2) is 9.18 Å². The predicted molar refractivity (Wildman–Crippen MR) is 129 cm³/mol. The maximum Gasteiger partial charge on any atom is 0.339 e. The Morgan fingerprint density at radius 1 is 1.24 bits per heavy atom. The molecule has 8 heteroatoms. The van der Waals surface area contributed by atoms with E-state index in [1.54, 1.807) is 41.0 Å². The maximum atomic E-state index is 15.2. The highest BCUT2D eigenvalue weighted by Crippen LogP contribution is 2.29. The van der Waals surface area contributed by atoms with Crippen LogP contribution in [-0.4, -0.2) is 33.9 Å². The number of esters is 1. The third-order valence-electron chi connectivity index (χ3n) is 4.76. The van der Waals surface area contributed by atoms with Crippen molar-refractivity contribution in [2.75, 3.05) is 6.61 Å². The van der Waals surface area contributed by atoms with Crippen LogP contribution in [0.15, 0.2) is 47.1 Å². The van der Waals surface area contributed by atoms with Gasteiger partial charge in [0.05, 0.1) is 18.7 Å². The van der Waals surface area contributed by atoms with E-state index in [0.717, 1.165) is 6.42 Å². The summed E-state index contributed by atoms with van der Waals surface area (Å²) in [5.41, 5.74) is 1.97. The molecule has 174 valence electrons. The summed E-state index contributed by atoms with van der Waals surface area (Å²) in [4.78, 5) is 17.0. The van der Waals surface area contributed by atoms with Gasteiger partial charge in [0.1, 0.15) is 21.7 Å².